The first-order valence-electron chi connectivity index (χ1n) is 6.88. The van der Waals surface area contributed by atoms with Crippen molar-refractivity contribution >= 4 is 17.7 Å². The number of thioether (sulfide) groups is 1. The van der Waals surface area contributed by atoms with Crippen LogP contribution in [0.5, 0.6) is 0 Å². The zero-order chi connectivity index (χ0) is 14.6. The summed E-state index contributed by atoms with van der Waals surface area (Å²) in [5.41, 5.74) is -0.573. The van der Waals surface area contributed by atoms with Crippen LogP contribution in [-0.2, 0) is 16.6 Å². The third-order valence-electron chi connectivity index (χ3n) is 3.46. The van der Waals surface area contributed by atoms with Crippen molar-refractivity contribution < 1.29 is 9.53 Å². The largest absolute Gasteiger partial charge is 0.468 e. The van der Waals surface area contributed by atoms with Crippen LogP contribution in [0.1, 0.15) is 32.6 Å². The predicted octanol–water partition coefficient (Wildman–Crippen LogP) is 1.37. The quantitative estimate of drug-likeness (QED) is 0.444. The van der Waals surface area contributed by atoms with Gasteiger partial charge in [-0.1, -0.05) is 11.8 Å². The summed E-state index contributed by atoms with van der Waals surface area (Å²) >= 11 is 1.66. The van der Waals surface area contributed by atoms with E-state index in [0.717, 1.165) is 36.6 Å². The van der Waals surface area contributed by atoms with Gasteiger partial charge in [-0.15, -0.1) is 0 Å². The molecule has 1 atom stereocenters. The number of rotatable bonds is 8. The van der Waals surface area contributed by atoms with Crippen LogP contribution in [-0.4, -0.2) is 45.2 Å². The molecule has 2 rings (SSSR count). The molecule has 0 aromatic carbocycles. The van der Waals surface area contributed by atoms with Crippen LogP contribution in [0.3, 0.4) is 0 Å². The number of nitrogens with one attached hydrogen (secondary N) is 1. The summed E-state index contributed by atoms with van der Waals surface area (Å²) in [7, 11) is 3.33. The number of carbonyl (C=O) groups excluding carboxylic acids is 1. The van der Waals surface area contributed by atoms with Crippen LogP contribution in [0, 0.1) is 0 Å². The lowest BCUT2D eigenvalue weighted by Gasteiger charge is -2.28. The molecule has 1 aliphatic carbocycles. The van der Waals surface area contributed by atoms with E-state index in [1.807, 2.05) is 14.0 Å². The van der Waals surface area contributed by atoms with Crippen molar-refractivity contribution in [2.75, 3.05) is 12.9 Å². The Morgan fingerprint density at radius 2 is 2.40 bits per heavy atom. The van der Waals surface area contributed by atoms with E-state index in [-0.39, 0.29) is 5.97 Å². The maximum absolute atomic E-state index is 12.0. The number of hydrogen-bond donors (Lipinski definition) is 1. The standard InChI is InChI=1S/C13H22N4O2S/c1-13(11(18)19-3,16-10-5-6-10)7-4-8-20-12-14-9-15-17(12)2/h9-10,16H,4-8H2,1-3H3. The van der Waals surface area contributed by atoms with Crippen molar-refractivity contribution in [2.24, 2.45) is 7.05 Å². The van der Waals surface area contributed by atoms with Crippen LogP contribution in [0.2, 0.25) is 0 Å². The molecule has 0 aliphatic heterocycles. The minimum Gasteiger partial charge on any atom is -0.468 e. The van der Waals surface area contributed by atoms with Gasteiger partial charge in [-0.05, 0) is 32.6 Å². The fraction of sp³-hybridized carbons (Fsp3) is 0.769. The van der Waals surface area contributed by atoms with E-state index in [2.05, 4.69) is 15.4 Å². The molecule has 1 heterocycles. The Morgan fingerprint density at radius 1 is 1.65 bits per heavy atom. The smallest absolute Gasteiger partial charge is 0.325 e. The van der Waals surface area contributed by atoms with Crippen LogP contribution < -0.4 is 5.32 Å². The van der Waals surface area contributed by atoms with Crippen molar-refractivity contribution in [3.63, 3.8) is 0 Å². The number of nitrogens with zero attached hydrogens (tertiary/aromatic N) is 3. The zero-order valence-corrected chi connectivity index (χ0v) is 13.1. The molecule has 112 valence electrons. The number of carbonyl (C=O) groups is 1. The van der Waals surface area contributed by atoms with E-state index in [9.17, 15) is 4.79 Å². The van der Waals surface area contributed by atoms with Crippen LogP contribution in [0.15, 0.2) is 11.5 Å². The Kier molecular flexibility index (Phi) is 5.04. The maximum Gasteiger partial charge on any atom is 0.325 e. The van der Waals surface area contributed by atoms with Gasteiger partial charge in [0.2, 0.25) is 0 Å². The SMILES string of the molecule is COC(=O)C(C)(CCCSc1ncnn1C)NC1CC1. The van der Waals surface area contributed by atoms with E-state index in [1.165, 1.54) is 7.11 Å². The Morgan fingerprint density at radius 3 is 2.95 bits per heavy atom. The molecule has 1 aliphatic rings. The highest BCUT2D eigenvalue weighted by atomic mass is 32.2. The van der Waals surface area contributed by atoms with Crippen molar-refractivity contribution in [3.05, 3.63) is 6.33 Å². The zero-order valence-electron chi connectivity index (χ0n) is 12.3. The third-order valence-corrected chi connectivity index (χ3v) is 4.58. The number of hydrogen-bond acceptors (Lipinski definition) is 6. The molecule has 6 nitrogen and oxygen atoms in total. The molecule has 1 aromatic rings. The van der Waals surface area contributed by atoms with Crippen molar-refractivity contribution in [1.82, 2.24) is 20.1 Å². The minimum absolute atomic E-state index is 0.173. The lowest BCUT2D eigenvalue weighted by molar-refractivity contribution is -0.148. The monoisotopic (exact) mass is 298 g/mol. The topological polar surface area (TPSA) is 69.0 Å². The van der Waals surface area contributed by atoms with Crippen molar-refractivity contribution in [2.45, 2.75) is 49.3 Å². The maximum atomic E-state index is 12.0. The van der Waals surface area contributed by atoms with E-state index < -0.39 is 5.54 Å². The summed E-state index contributed by atoms with van der Waals surface area (Å²) in [5.74, 6) is 0.735. The molecule has 0 amide bonds. The number of esters is 1. The first-order chi connectivity index (χ1) is 9.55. The highest BCUT2D eigenvalue weighted by Crippen LogP contribution is 2.26. The molecule has 1 aromatic heterocycles. The average Bonchev–Trinajstić information content (AvgIpc) is 3.14. The summed E-state index contributed by atoms with van der Waals surface area (Å²) < 4.78 is 6.69. The first-order valence-corrected chi connectivity index (χ1v) is 7.86. The van der Waals surface area contributed by atoms with Crippen LogP contribution >= 0.6 is 11.8 Å². The van der Waals surface area contributed by atoms with Gasteiger partial charge in [0.25, 0.3) is 0 Å². The second-order valence-corrected chi connectivity index (χ2v) is 6.42. The number of aromatic nitrogens is 3. The summed E-state index contributed by atoms with van der Waals surface area (Å²) in [6, 6.07) is 0.477. The normalized spacial score (nSPS) is 17.8. The Hall–Kier alpha value is -1.08. The molecule has 20 heavy (non-hydrogen) atoms. The van der Waals surface area contributed by atoms with Crippen LogP contribution in [0.4, 0.5) is 0 Å². The molecular formula is C13H22N4O2S. The van der Waals surface area contributed by atoms with Crippen molar-refractivity contribution in [1.29, 1.82) is 0 Å². The van der Waals surface area contributed by atoms with Gasteiger partial charge in [0.15, 0.2) is 5.16 Å². The molecule has 0 bridgehead atoms. The summed E-state index contributed by atoms with van der Waals surface area (Å²) in [6.07, 6.45) is 5.54. The lowest BCUT2D eigenvalue weighted by atomic mass is 9.96. The summed E-state index contributed by atoms with van der Waals surface area (Å²) in [4.78, 5) is 16.1. The molecule has 0 spiro atoms. The Bertz CT molecular complexity index is 461. The highest BCUT2D eigenvalue weighted by molar-refractivity contribution is 7.99. The van der Waals surface area contributed by atoms with Gasteiger partial charge < -0.3 is 4.74 Å². The van der Waals surface area contributed by atoms with Gasteiger partial charge in [-0.2, -0.15) is 5.10 Å². The summed E-state index contributed by atoms with van der Waals surface area (Å²) in [5, 5.41) is 8.34. The van der Waals surface area contributed by atoms with Gasteiger partial charge in [-0.3, -0.25) is 10.1 Å². The third kappa shape index (κ3) is 3.96. The van der Waals surface area contributed by atoms with Gasteiger partial charge in [0, 0.05) is 18.8 Å². The fourth-order valence-corrected chi connectivity index (χ4v) is 2.97. The highest BCUT2D eigenvalue weighted by Gasteiger charge is 2.38. The van der Waals surface area contributed by atoms with E-state index in [1.54, 1.807) is 22.8 Å². The minimum atomic E-state index is -0.573. The first kappa shape index (κ1) is 15.3. The van der Waals surface area contributed by atoms with Gasteiger partial charge >= 0.3 is 5.97 Å². The lowest BCUT2D eigenvalue weighted by Crippen LogP contribution is -2.51. The molecule has 1 saturated carbocycles. The molecule has 0 saturated heterocycles. The summed E-state index contributed by atoms with van der Waals surface area (Å²) in [6.45, 7) is 1.93. The molecular weight excluding hydrogens is 276 g/mol. The van der Waals surface area contributed by atoms with Gasteiger partial charge in [0.1, 0.15) is 11.9 Å². The molecule has 7 heteroatoms. The van der Waals surface area contributed by atoms with Crippen molar-refractivity contribution in [3.8, 4) is 0 Å². The van der Waals surface area contributed by atoms with Crippen LogP contribution in [0.25, 0.3) is 0 Å². The van der Waals surface area contributed by atoms with Gasteiger partial charge in [0.05, 0.1) is 7.11 Å². The average molecular weight is 298 g/mol. The number of ether oxygens (including phenoxy) is 1. The van der Waals surface area contributed by atoms with Gasteiger partial charge in [-0.25, -0.2) is 9.67 Å². The molecule has 0 radical (unpaired) electrons. The van der Waals surface area contributed by atoms with E-state index in [0.29, 0.717) is 6.04 Å². The Balaban J connectivity index is 1.79. The number of methoxy groups -OCH3 is 1. The fourth-order valence-electron chi connectivity index (χ4n) is 2.14. The second-order valence-electron chi connectivity index (χ2n) is 5.36. The molecule has 1 N–H and O–H groups in total. The second kappa shape index (κ2) is 6.58. The number of aryl methyl sites for hydroxylation is 1. The van der Waals surface area contributed by atoms with E-state index >= 15 is 0 Å². The van der Waals surface area contributed by atoms with E-state index in [4.69, 9.17) is 4.74 Å². The molecule has 1 fully saturated rings. The molecule has 1 unspecified atom stereocenters. The Labute approximate surface area is 123 Å². The predicted molar refractivity (Wildman–Crippen MR) is 77.5 cm³/mol.